The van der Waals surface area contributed by atoms with Crippen molar-refractivity contribution in [2.24, 2.45) is 0 Å². The molecule has 0 spiro atoms. The molecule has 1 aromatic carbocycles. The zero-order valence-corrected chi connectivity index (χ0v) is 12.6. The molecule has 0 saturated carbocycles. The van der Waals surface area contributed by atoms with Gasteiger partial charge in [-0.3, -0.25) is 0 Å². The van der Waals surface area contributed by atoms with Crippen LogP contribution < -0.4 is 10.5 Å². The van der Waals surface area contributed by atoms with Crippen molar-refractivity contribution >= 4 is 26.6 Å². The molecule has 0 aliphatic rings. The largest absolute Gasteiger partial charge is 0.399 e. The van der Waals surface area contributed by atoms with Crippen molar-refractivity contribution in [3.63, 3.8) is 0 Å². The van der Waals surface area contributed by atoms with Gasteiger partial charge in [-0.1, -0.05) is 12.8 Å². The number of nitrogens with two attached hydrogens (primary N) is 1. The lowest BCUT2D eigenvalue weighted by Gasteiger charge is -2.06. The molecule has 2 aromatic rings. The van der Waals surface area contributed by atoms with Gasteiger partial charge < -0.3 is 15.8 Å². The van der Waals surface area contributed by atoms with Crippen LogP contribution in [-0.2, 0) is 10.0 Å². The predicted octanol–water partition coefficient (Wildman–Crippen LogP) is 1.58. The van der Waals surface area contributed by atoms with E-state index in [-0.39, 0.29) is 11.5 Å². The summed E-state index contributed by atoms with van der Waals surface area (Å²) in [4.78, 5) is 3.16. The number of H-pyrrole nitrogens is 1. The van der Waals surface area contributed by atoms with Crippen molar-refractivity contribution in [1.29, 1.82) is 0 Å². The molecular formula is C14H21N3O3S. The van der Waals surface area contributed by atoms with E-state index in [1.165, 1.54) is 6.20 Å². The van der Waals surface area contributed by atoms with Crippen LogP contribution in [0.15, 0.2) is 29.3 Å². The fraction of sp³-hybridized carbons (Fsp3) is 0.429. The zero-order chi connectivity index (χ0) is 15.3. The Morgan fingerprint density at radius 2 is 1.95 bits per heavy atom. The first-order chi connectivity index (χ1) is 10.0. The maximum Gasteiger partial charge on any atom is 0.242 e. The minimum atomic E-state index is -3.54. The number of hydrogen-bond acceptors (Lipinski definition) is 4. The zero-order valence-electron chi connectivity index (χ0n) is 11.8. The summed E-state index contributed by atoms with van der Waals surface area (Å²) in [6.07, 6.45) is 4.79. The van der Waals surface area contributed by atoms with Crippen molar-refractivity contribution in [2.75, 3.05) is 18.9 Å². The fourth-order valence-corrected chi connectivity index (χ4v) is 3.45. The predicted molar refractivity (Wildman–Crippen MR) is 83.5 cm³/mol. The topological polar surface area (TPSA) is 108 Å². The number of anilines is 1. The molecule has 0 unspecified atom stereocenters. The first-order valence-electron chi connectivity index (χ1n) is 7.02. The van der Waals surface area contributed by atoms with Gasteiger partial charge >= 0.3 is 0 Å². The number of unbranched alkanes of at least 4 members (excludes halogenated alkanes) is 3. The monoisotopic (exact) mass is 311 g/mol. The van der Waals surface area contributed by atoms with Crippen LogP contribution in [-0.4, -0.2) is 31.7 Å². The van der Waals surface area contributed by atoms with Crippen molar-refractivity contribution in [3.05, 3.63) is 24.4 Å². The number of rotatable bonds is 8. The number of nitrogens with one attached hydrogen (secondary N) is 2. The molecule has 1 aromatic heterocycles. The fourth-order valence-electron chi connectivity index (χ4n) is 2.21. The highest BCUT2D eigenvalue weighted by molar-refractivity contribution is 7.89. The van der Waals surface area contributed by atoms with Crippen LogP contribution in [0.4, 0.5) is 5.69 Å². The second-order valence-electron chi connectivity index (χ2n) is 4.99. The standard InChI is InChI=1S/C14H21N3O3S/c15-11-5-6-13-12(9-11)14(10-16-13)21(19,20)17-7-3-1-2-4-8-18/h5-6,9-10,16-18H,1-4,7-8,15H2. The molecule has 0 amide bonds. The lowest BCUT2D eigenvalue weighted by Crippen LogP contribution is -2.24. The van der Waals surface area contributed by atoms with Gasteiger partial charge in [-0.05, 0) is 31.0 Å². The number of nitrogen functional groups attached to an aromatic ring is 1. The van der Waals surface area contributed by atoms with E-state index in [1.54, 1.807) is 18.2 Å². The molecule has 5 N–H and O–H groups in total. The van der Waals surface area contributed by atoms with Gasteiger partial charge in [0.05, 0.1) is 0 Å². The van der Waals surface area contributed by atoms with Gasteiger partial charge in [0.15, 0.2) is 0 Å². The van der Waals surface area contributed by atoms with Gasteiger partial charge in [0, 0.05) is 35.9 Å². The first kappa shape index (κ1) is 15.8. The molecule has 0 aliphatic carbocycles. The number of aromatic nitrogens is 1. The molecule has 0 radical (unpaired) electrons. The van der Waals surface area contributed by atoms with Gasteiger partial charge in [-0.15, -0.1) is 0 Å². The van der Waals surface area contributed by atoms with Crippen molar-refractivity contribution in [1.82, 2.24) is 9.71 Å². The Labute approximate surface area is 124 Å². The summed E-state index contributed by atoms with van der Waals surface area (Å²) in [5.41, 5.74) is 6.99. The van der Waals surface area contributed by atoms with E-state index in [0.29, 0.717) is 17.6 Å². The minimum Gasteiger partial charge on any atom is -0.399 e. The average molecular weight is 311 g/mol. The lowest BCUT2D eigenvalue weighted by molar-refractivity contribution is 0.282. The summed E-state index contributed by atoms with van der Waals surface area (Å²) in [6, 6.07) is 5.14. The Balaban J connectivity index is 2.03. The maximum absolute atomic E-state index is 12.3. The minimum absolute atomic E-state index is 0.183. The molecule has 6 nitrogen and oxygen atoms in total. The van der Waals surface area contributed by atoms with Crippen molar-refractivity contribution < 1.29 is 13.5 Å². The quantitative estimate of drug-likeness (QED) is 0.438. The molecule has 21 heavy (non-hydrogen) atoms. The smallest absolute Gasteiger partial charge is 0.242 e. The summed E-state index contributed by atoms with van der Waals surface area (Å²) < 4.78 is 27.2. The number of benzene rings is 1. The van der Waals surface area contributed by atoms with Crippen LogP contribution in [0.2, 0.25) is 0 Å². The van der Waals surface area contributed by atoms with Crippen LogP contribution in [0, 0.1) is 0 Å². The molecule has 0 atom stereocenters. The Kier molecular flexibility index (Phi) is 5.22. The second kappa shape index (κ2) is 6.93. The summed E-state index contributed by atoms with van der Waals surface area (Å²) in [7, 11) is -3.54. The Bertz CT molecular complexity index is 695. The summed E-state index contributed by atoms with van der Waals surface area (Å²) in [6.45, 7) is 0.575. The molecule has 116 valence electrons. The number of fused-ring (bicyclic) bond motifs is 1. The van der Waals surface area contributed by atoms with E-state index < -0.39 is 10.0 Å². The Morgan fingerprint density at radius 1 is 1.19 bits per heavy atom. The van der Waals surface area contributed by atoms with Gasteiger partial charge in [-0.25, -0.2) is 13.1 Å². The molecule has 2 rings (SSSR count). The van der Waals surface area contributed by atoms with E-state index in [9.17, 15) is 8.42 Å². The van der Waals surface area contributed by atoms with Crippen LogP contribution in [0.3, 0.4) is 0 Å². The van der Waals surface area contributed by atoms with Crippen LogP contribution in [0.5, 0.6) is 0 Å². The molecule has 0 fully saturated rings. The summed E-state index contributed by atoms with van der Waals surface area (Å²) in [5.74, 6) is 0. The van der Waals surface area contributed by atoms with Gasteiger partial charge in [0.2, 0.25) is 10.0 Å². The van der Waals surface area contributed by atoms with Gasteiger partial charge in [-0.2, -0.15) is 0 Å². The normalized spacial score (nSPS) is 12.0. The molecular weight excluding hydrogens is 290 g/mol. The number of aliphatic hydroxyl groups excluding tert-OH is 1. The van der Waals surface area contributed by atoms with Crippen molar-refractivity contribution in [2.45, 2.75) is 30.6 Å². The third-order valence-corrected chi connectivity index (χ3v) is 4.84. The Morgan fingerprint density at radius 3 is 2.71 bits per heavy atom. The molecule has 0 aliphatic heterocycles. The first-order valence-corrected chi connectivity index (χ1v) is 8.50. The molecule has 7 heteroatoms. The van der Waals surface area contributed by atoms with Crippen LogP contribution in [0.25, 0.3) is 10.9 Å². The van der Waals surface area contributed by atoms with Gasteiger partial charge in [0.25, 0.3) is 0 Å². The third kappa shape index (κ3) is 3.96. The second-order valence-corrected chi connectivity index (χ2v) is 6.73. The summed E-state index contributed by atoms with van der Waals surface area (Å²) >= 11 is 0. The van der Waals surface area contributed by atoms with Crippen LogP contribution >= 0.6 is 0 Å². The van der Waals surface area contributed by atoms with Gasteiger partial charge in [0.1, 0.15) is 4.90 Å². The highest BCUT2D eigenvalue weighted by atomic mass is 32.2. The van der Waals surface area contributed by atoms with E-state index >= 15 is 0 Å². The van der Waals surface area contributed by atoms with Crippen molar-refractivity contribution in [3.8, 4) is 0 Å². The lowest BCUT2D eigenvalue weighted by atomic mass is 10.2. The average Bonchev–Trinajstić information content (AvgIpc) is 2.86. The summed E-state index contributed by atoms with van der Waals surface area (Å²) in [5, 5.41) is 9.27. The number of aliphatic hydroxyl groups is 1. The van der Waals surface area contributed by atoms with E-state index in [0.717, 1.165) is 31.2 Å². The van der Waals surface area contributed by atoms with Crippen LogP contribution in [0.1, 0.15) is 25.7 Å². The molecule has 0 bridgehead atoms. The number of sulfonamides is 1. The Hall–Kier alpha value is -1.57. The van der Waals surface area contributed by atoms with E-state index in [2.05, 4.69) is 9.71 Å². The highest BCUT2D eigenvalue weighted by Crippen LogP contribution is 2.24. The molecule has 0 saturated heterocycles. The number of hydrogen-bond donors (Lipinski definition) is 4. The third-order valence-electron chi connectivity index (χ3n) is 3.33. The van der Waals surface area contributed by atoms with E-state index in [4.69, 9.17) is 10.8 Å². The molecule has 1 heterocycles. The highest BCUT2D eigenvalue weighted by Gasteiger charge is 2.18. The van der Waals surface area contributed by atoms with E-state index in [1.807, 2.05) is 0 Å². The SMILES string of the molecule is Nc1ccc2[nH]cc(S(=O)(=O)NCCCCCCO)c2c1. The number of aromatic amines is 1. The maximum atomic E-state index is 12.3.